The largest absolute Gasteiger partial charge is 0.382 e. The monoisotopic (exact) mass is 785 g/mol. The van der Waals surface area contributed by atoms with Crippen molar-refractivity contribution < 1.29 is 28.4 Å². The average Bonchev–Trinajstić information content (AvgIpc) is 3.49. The molecule has 11 rings (SSSR count). The van der Waals surface area contributed by atoms with E-state index in [1.165, 1.54) is 18.2 Å². The minimum Gasteiger partial charge on any atom is -0.382 e. The lowest BCUT2D eigenvalue weighted by Crippen LogP contribution is -2.34. The number of rotatable bonds is 7. The lowest BCUT2D eigenvalue weighted by Gasteiger charge is -2.25. The van der Waals surface area contributed by atoms with E-state index in [0.717, 1.165) is 32.1 Å². The molecule has 1 aromatic carbocycles. The Hall–Kier alpha value is -4.36. The Morgan fingerprint density at radius 3 is 1.63 bits per heavy atom. The maximum atomic E-state index is 6.70. The van der Waals surface area contributed by atoms with Gasteiger partial charge in [0, 0.05) is 5.92 Å². The lowest BCUT2D eigenvalue weighted by atomic mass is 10.0. The Labute approximate surface area is 332 Å². The van der Waals surface area contributed by atoms with Gasteiger partial charge in [0.25, 0.3) is 0 Å². The normalized spacial score (nSPS) is 34.8. The van der Waals surface area contributed by atoms with Crippen LogP contribution < -0.4 is 17.2 Å². The fourth-order valence-corrected chi connectivity index (χ4v) is 9.48. The molecule has 6 N–H and O–H groups in total. The summed E-state index contributed by atoms with van der Waals surface area (Å²) < 4.78 is 41.9. The number of benzene rings is 1. The van der Waals surface area contributed by atoms with Gasteiger partial charge < -0.3 is 45.6 Å². The number of hydrogen-bond donors (Lipinski definition) is 3. The second-order valence-corrected chi connectivity index (χ2v) is 16.5. The molecule has 6 fully saturated rings. The highest BCUT2D eigenvalue weighted by Crippen LogP contribution is 2.64. The Kier molecular flexibility index (Phi) is 9.62. The highest BCUT2D eigenvalue weighted by Gasteiger charge is 2.74. The zero-order valence-electron chi connectivity index (χ0n) is 31.3. The lowest BCUT2D eigenvalue weighted by molar-refractivity contribution is -0.203. The van der Waals surface area contributed by atoms with E-state index in [9.17, 15) is 0 Å². The van der Waals surface area contributed by atoms with Crippen LogP contribution >= 0.6 is 0 Å². The molecule has 306 valence electrons. The van der Waals surface area contributed by atoms with Gasteiger partial charge in [0.05, 0.1) is 12.7 Å². The molecule has 57 heavy (non-hydrogen) atoms. The molecule has 8 heterocycles. The van der Waals surface area contributed by atoms with E-state index in [1.807, 2.05) is 36.8 Å². The summed E-state index contributed by atoms with van der Waals surface area (Å²) >= 11 is 0. The van der Waals surface area contributed by atoms with E-state index in [2.05, 4.69) is 60.2 Å². The van der Waals surface area contributed by atoms with Crippen molar-refractivity contribution >= 4 is 34.0 Å². The predicted molar refractivity (Wildman–Crippen MR) is 211 cm³/mol. The zero-order valence-corrected chi connectivity index (χ0v) is 31.3. The first-order valence-electron chi connectivity index (χ1n) is 19.1. The van der Waals surface area contributed by atoms with Gasteiger partial charge >= 0.3 is 0 Å². The van der Waals surface area contributed by atoms with E-state index < -0.39 is 11.6 Å². The average molecular weight is 786 g/mol. The van der Waals surface area contributed by atoms with Gasteiger partial charge in [-0.15, -0.1) is 0 Å². The summed E-state index contributed by atoms with van der Waals surface area (Å²) in [6.45, 7) is 8.34. The van der Waals surface area contributed by atoms with Crippen LogP contribution in [-0.2, 0) is 34.8 Å². The molecule has 17 heteroatoms. The number of fused-ring (bicyclic) bond motifs is 6. The van der Waals surface area contributed by atoms with E-state index in [-0.39, 0.29) is 68.8 Å². The molecule has 2 saturated carbocycles. The van der Waals surface area contributed by atoms with Crippen LogP contribution in [0, 0.1) is 11.8 Å². The Morgan fingerprint density at radius 1 is 0.649 bits per heavy atom. The first-order valence-corrected chi connectivity index (χ1v) is 19.1. The number of imidazole rings is 2. The first-order chi connectivity index (χ1) is 26.4. The van der Waals surface area contributed by atoms with Crippen molar-refractivity contribution in [2.45, 2.75) is 134 Å². The van der Waals surface area contributed by atoms with Crippen LogP contribution in [0.4, 0.5) is 11.6 Å². The number of aromatic nitrogens is 8. The minimum absolute atomic E-state index is 0. The Balaban J connectivity index is 0.000000159. The third-order valence-electron chi connectivity index (χ3n) is 12.1. The van der Waals surface area contributed by atoms with Crippen molar-refractivity contribution in [1.82, 2.24) is 39.0 Å². The maximum Gasteiger partial charge on any atom is 0.167 e. The number of nitrogens with zero attached hydrogens (tertiary/aromatic N) is 8. The van der Waals surface area contributed by atoms with Crippen molar-refractivity contribution in [2.75, 3.05) is 18.0 Å². The standard InChI is InChI=1S/C23H27N5O3.C15H20N6O3.2CH4/c1-22(2)29-17-18(30-22)23(11-15(23)10-6-9-14-7-4-3-5-8-14)31-21(17)28-13-27-16-19(24)25-12-26-20(16)28;1-14(2)22-9-10(23-14)15(3-7(15)4-16)24-13(9)21-6-20-8-11(17)18-5-19-12(8)21;;/h3-5,7-8,12-13,15,17-18,21H,6,9-11H2,1-2H3,(H2,24,25,26);5-7,9-10,13H,3-4,16H2,1-2H3,(H2,17,18,19);2*1H4/t15-,17?,18+,21+,23-;7-,9?,10-,13-,15+;;/m01../s1. The van der Waals surface area contributed by atoms with Gasteiger partial charge in [-0.2, -0.15) is 0 Å². The van der Waals surface area contributed by atoms with Crippen LogP contribution in [0.1, 0.15) is 86.3 Å². The molecular weight excluding hydrogens is 731 g/mol. The fourth-order valence-electron chi connectivity index (χ4n) is 9.48. The van der Waals surface area contributed by atoms with Gasteiger partial charge in [0.1, 0.15) is 59.3 Å². The van der Waals surface area contributed by atoms with Crippen LogP contribution in [0.25, 0.3) is 22.3 Å². The molecule has 5 aromatic rings. The molecule has 4 aromatic heterocycles. The number of ether oxygens (including phenoxy) is 6. The molecule has 4 aliphatic heterocycles. The smallest absolute Gasteiger partial charge is 0.167 e. The van der Waals surface area contributed by atoms with Crippen LogP contribution in [0.5, 0.6) is 0 Å². The molecule has 10 atom stereocenters. The van der Waals surface area contributed by atoms with Crippen molar-refractivity contribution in [2.24, 2.45) is 17.6 Å². The third-order valence-corrected chi connectivity index (χ3v) is 12.1. The van der Waals surface area contributed by atoms with Gasteiger partial charge in [0.2, 0.25) is 0 Å². The van der Waals surface area contributed by atoms with E-state index in [1.54, 1.807) is 12.7 Å². The van der Waals surface area contributed by atoms with Gasteiger partial charge in [-0.05, 0) is 77.8 Å². The van der Waals surface area contributed by atoms with Gasteiger partial charge in [-0.1, -0.05) is 45.2 Å². The molecule has 17 nitrogen and oxygen atoms in total. The quantitative estimate of drug-likeness (QED) is 0.204. The van der Waals surface area contributed by atoms with E-state index in [0.29, 0.717) is 46.4 Å². The first kappa shape index (κ1) is 39.5. The molecule has 2 unspecified atom stereocenters. The molecular formula is C40H55N11O6. The summed E-state index contributed by atoms with van der Waals surface area (Å²) in [4.78, 5) is 25.5. The van der Waals surface area contributed by atoms with Crippen molar-refractivity contribution in [3.8, 4) is 0 Å². The molecule has 0 radical (unpaired) electrons. The summed E-state index contributed by atoms with van der Waals surface area (Å²) in [6, 6.07) is 10.6. The second-order valence-electron chi connectivity index (χ2n) is 16.5. The van der Waals surface area contributed by atoms with Gasteiger partial charge in [0.15, 0.2) is 47.0 Å². The fraction of sp³-hybridized carbons (Fsp3) is 0.600. The number of aryl methyl sites for hydroxylation is 1. The Morgan fingerprint density at radius 2 is 1.14 bits per heavy atom. The predicted octanol–water partition coefficient (Wildman–Crippen LogP) is 4.69. The zero-order chi connectivity index (χ0) is 37.9. The van der Waals surface area contributed by atoms with Crippen molar-refractivity contribution in [1.29, 1.82) is 0 Å². The van der Waals surface area contributed by atoms with E-state index >= 15 is 0 Å². The van der Waals surface area contributed by atoms with Gasteiger partial charge in [-0.25, -0.2) is 29.9 Å². The van der Waals surface area contributed by atoms with Crippen molar-refractivity contribution in [3.63, 3.8) is 0 Å². The van der Waals surface area contributed by atoms with Crippen molar-refractivity contribution in [3.05, 3.63) is 61.2 Å². The van der Waals surface area contributed by atoms with Crippen LogP contribution in [0.2, 0.25) is 0 Å². The number of nitrogens with two attached hydrogens (primary N) is 3. The number of nitrogen functional groups attached to an aromatic ring is 2. The minimum atomic E-state index is -0.656. The topological polar surface area (TPSA) is 221 Å². The highest BCUT2D eigenvalue weighted by atomic mass is 16.8. The molecule has 0 bridgehead atoms. The van der Waals surface area contributed by atoms with Crippen LogP contribution in [-0.4, -0.2) is 92.8 Å². The number of hydrogen-bond acceptors (Lipinski definition) is 15. The summed E-state index contributed by atoms with van der Waals surface area (Å²) in [5.41, 5.74) is 20.9. The molecule has 6 aliphatic rings. The molecule has 2 aliphatic carbocycles. The summed E-state index contributed by atoms with van der Waals surface area (Å²) in [5.74, 6) is 0.144. The third kappa shape index (κ3) is 6.34. The maximum absolute atomic E-state index is 6.70. The van der Waals surface area contributed by atoms with E-state index in [4.69, 9.17) is 45.6 Å². The Bertz CT molecular complexity index is 2250. The molecule has 4 saturated heterocycles. The summed E-state index contributed by atoms with van der Waals surface area (Å²) in [5, 5.41) is 0. The molecule has 2 spiro atoms. The number of anilines is 2. The van der Waals surface area contributed by atoms with Crippen LogP contribution in [0.15, 0.2) is 55.6 Å². The summed E-state index contributed by atoms with van der Waals surface area (Å²) in [6.07, 6.45) is 9.99. The SMILES string of the molecule is C.C.CC1(C)OC2[C@H](n3cnc4c(N)ncnc43)O[C@]3(C[C@@H]3CCCc3ccccc3)[C@@H]2O1.CC1(C)OC2[C@H](n3cnc4c(N)ncnc43)O[C@]3(C[C@@H]3CN)[C@@H]2O1. The van der Waals surface area contributed by atoms with Crippen LogP contribution in [0.3, 0.4) is 0 Å². The van der Waals surface area contributed by atoms with Gasteiger partial charge in [-0.3, -0.25) is 9.13 Å². The highest BCUT2D eigenvalue weighted by molar-refractivity contribution is 5.81. The second kappa shape index (κ2) is 13.9. The molecule has 0 amide bonds. The summed E-state index contributed by atoms with van der Waals surface area (Å²) in [7, 11) is 0.